The van der Waals surface area contributed by atoms with Crippen LogP contribution in [0.1, 0.15) is 41.6 Å². The molecule has 2 aromatic carbocycles. The fourth-order valence-electron chi connectivity index (χ4n) is 4.27. The highest BCUT2D eigenvalue weighted by Crippen LogP contribution is 2.33. The third-order valence-electron chi connectivity index (χ3n) is 5.97. The third-order valence-corrected chi connectivity index (χ3v) is 5.97. The minimum atomic E-state index is -0.317. The molecule has 0 bridgehead atoms. The van der Waals surface area contributed by atoms with Crippen molar-refractivity contribution in [2.24, 2.45) is 0 Å². The van der Waals surface area contributed by atoms with Crippen LogP contribution < -0.4 is 10.1 Å². The summed E-state index contributed by atoms with van der Waals surface area (Å²) in [5.41, 5.74) is 7.17. The first-order valence-electron chi connectivity index (χ1n) is 10.4. The summed E-state index contributed by atoms with van der Waals surface area (Å²) in [5, 5.41) is 4.95. The third kappa shape index (κ3) is 4.12. The number of hydrogen-bond donors (Lipinski definition) is 2. The summed E-state index contributed by atoms with van der Waals surface area (Å²) in [6, 6.07) is 13.0. The van der Waals surface area contributed by atoms with Gasteiger partial charge in [0, 0.05) is 29.2 Å². The van der Waals surface area contributed by atoms with E-state index in [9.17, 15) is 4.79 Å². The molecule has 2 N–H and O–H groups in total. The van der Waals surface area contributed by atoms with Crippen LogP contribution in [0.3, 0.4) is 0 Å². The molecule has 1 aliphatic rings. The second-order valence-corrected chi connectivity index (χ2v) is 7.78. The lowest BCUT2D eigenvalue weighted by molar-refractivity contribution is -0.134. The molecule has 5 nitrogen and oxygen atoms in total. The second kappa shape index (κ2) is 8.76. The Balaban J connectivity index is 1.41. The molecule has 4 rings (SSSR count). The summed E-state index contributed by atoms with van der Waals surface area (Å²) in [7, 11) is 3.10. The number of fused-ring (bicyclic) bond motifs is 2. The molecule has 0 saturated carbocycles. The average molecular weight is 405 g/mol. The van der Waals surface area contributed by atoms with Gasteiger partial charge in [-0.15, -0.1) is 0 Å². The van der Waals surface area contributed by atoms with E-state index in [2.05, 4.69) is 46.8 Å². The minimum absolute atomic E-state index is 0.317. The number of carbonyl (C=O) groups is 1. The Kier molecular flexibility index (Phi) is 5.91. The number of aromatic amines is 1. The number of ether oxygens (including phenoxy) is 2. The van der Waals surface area contributed by atoms with Gasteiger partial charge in [-0.25, -0.2) is 4.79 Å². The van der Waals surface area contributed by atoms with Crippen LogP contribution in [0.2, 0.25) is 0 Å². The number of allylic oxidation sites excluding steroid dienone is 1. The van der Waals surface area contributed by atoms with Crippen molar-refractivity contribution in [3.8, 4) is 5.75 Å². The Bertz CT molecular complexity index is 1100. The number of carbonyl (C=O) groups excluding carboxylic acids is 1. The number of aromatic nitrogens is 1. The van der Waals surface area contributed by atoms with Crippen molar-refractivity contribution in [3.05, 3.63) is 70.9 Å². The van der Waals surface area contributed by atoms with E-state index in [0.29, 0.717) is 6.04 Å². The highest BCUT2D eigenvalue weighted by molar-refractivity contribution is 5.91. The van der Waals surface area contributed by atoms with Crippen molar-refractivity contribution in [2.45, 2.75) is 32.2 Å². The monoisotopic (exact) mass is 404 g/mol. The number of nitrogens with one attached hydrogen (secondary N) is 2. The predicted octanol–water partition coefficient (Wildman–Crippen LogP) is 4.57. The van der Waals surface area contributed by atoms with Gasteiger partial charge in [0.25, 0.3) is 0 Å². The largest absolute Gasteiger partial charge is 0.497 e. The molecule has 0 radical (unpaired) electrons. The highest BCUT2D eigenvalue weighted by Gasteiger charge is 2.22. The SMILES string of the molecule is COC(=O)/C=C(\C)c1ccc2c(c1)CCC2NCCc1c[nH]c2ccc(OC)cc12. The molecular weight excluding hydrogens is 376 g/mol. The smallest absolute Gasteiger partial charge is 0.330 e. The molecule has 0 spiro atoms. The molecule has 1 aliphatic carbocycles. The van der Waals surface area contributed by atoms with Crippen molar-refractivity contribution in [3.63, 3.8) is 0 Å². The Labute approximate surface area is 177 Å². The van der Waals surface area contributed by atoms with Crippen LogP contribution in [0, 0.1) is 0 Å². The van der Waals surface area contributed by atoms with E-state index < -0.39 is 0 Å². The van der Waals surface area contributed by atoms with E-state index in [4.69, 9.17) is 9.47 Å². The number of esters is 1. The lowest BCUT2D eigenvalue weighted by Gasteiger charge is -2.14. The molecule has 30 heavy (non-hydrogen) atoms. The van der Waals surface area contributed by atoms with Crippen molar-refractivity contribution < 1.29 is 14.3 Å². The van der Waals surface area contributed by atoms with Gasteiger partial charge in [-0.2, -0.15) is 0 Å². The van der Waals surface area contributed by atoms with E-state index in [1.54, 1.807) is 13.2 Å². The molecular formula is C25H28N2O3. The van der Waals surface area contributed by atoms with Crippen LogP contribution in [0.15, 0.2) is 48.7 Å². The average Bonchev–Trinajstić information content (AvgIpc) is 3.36. The highest BCUT2D eigenvalue weighted by atomic mass is 16.5. The Morgan fingerprint density at radius 3 is 2.90 bits per heavy atom. The number of benzene rings is 2. The summed E-state index contributed by atoms with van der Waals surface area (Å²) in [5.74, 6) is 0.566. The zero-order valence-electron chi connectivity index (χ0n) is 17.7. The molecule has 156 valence electrons. The van der Waals surface area contributed by atoms with Crippen LogP contribution in [0.4, 0.5) is 0 Å². The van der Waals surface area contributed by atoms with E-state index in [1.165, 1.54) is 29.2 Å². The standard InChI is InChI=1S/C25H28N2O3/c1-16(12-25(28)30-3)17-4-7-21-18(13-17)5-8-23(21)26-11-10-19-15-27-24-9-6-20(29-2)14-22(19)24/h4,6-7,9,12-15,23,26-27H,5,8,10-11H2,1-3H3/b16-12+. The van der Waals surface area contributed by atoms with Gasteiger partial charge in [-0.3, -0.25) is 0 Å². The Hall–Kier alpha value is -3.05. The second-order valence-electron chi connectivity index (χ2n) is 7.78. The quantitative estimate of drug-likeness (QED) is 0.447. The Morgan fingerprint density at radius 1 is 1.23 bits per heavy atom. The molecule has 3 aromatic rings. The summed E-state index contributed by atoms with van der Waals surface area (Å²) in [4.78, 5) is 14.8. The van der Waals surface area contributed by atoms with Crippen molar-refractivity contribution in [1.29, 1.82) is 0 Å². The normalized spacial score (nSPS) is 16.0. The van der Waals surface area contributed by atoms with E-state index >= 15 is 0 Å². The number of methoxy groups -OCH3 is 2. The zero-order chi connectivity index (χ0) is 21.1. The molecule has 1 aromatic heterocycles. The first-order chi connectivity index (χ1) is 14.6. The summed E-state index contributed by atoms with van der Waals surface area (Å²) in [6.45, 7) is 2.86. The number of aryl methyl sites for hydroxylation is 1. The zero-order valence-corrected chi connectivity index (χ0v) is 17.7. The summed E-state index contributed by atoms with van der Waals surface area (Å²) in [6.07, 6.45) is 6.74. The molecule has 0 aliphatic heterocycles. The predicted molar refractivity (Wildman–Crippen MR) is 120 cm³/mol. The molecule has 5 heteroatoms. The maximum atomic E-state index is 11.5. The van der Waals surface area contributed by atoms with Crippen molar-refractivity contribution in [1.82, 2.24) is 10.3 Å². The lowest BCUT2D eigenvalue weighted by Crippen LogP contribution is -2.21. The fourth-order valence-corrected chi connectivity index (χ4v) is 4.27. The van der Waals surface area contributed by atoms with Crippen LogP contribution in [0.25, 0.3) is 16.5 Å². The molecule has 1 unspecified atom stereocenters. The molecule has 0 amide bonds. The number of rotatable bonds is 7. The van der Waals surface area contributed by atoms with Gasteiger partial charge in [0.1, 0.15) is 5.75 Å². The van der Waals surface area contributed by atoms with Crippen molar-refractivity contribution >= 4 is 22.4 Å². The first-order valence-corrected chi connectivity index (χ1v) is 10.4. The fraction of sp³-hybridized carbons (Fsp3) is 0.320. The van der Waals surface area contributed by atoms with Gasteiger partial charge < -0.3 is 19.8 Å². The van der Waals surface area contributed by atoms with Crippen LogP contribution in [-0.2, 0) is 22.4 Å². The van der Waals surface area contributed by atoms with Gasteiger partial charge in [-0.1, -0.05) is 18.2 Å². The van der Waals surface area contributed by atoms with Crippen molar-refractivity contribution in [2.75, 3.05) is 20.8 Å². The van der Waals surface area contributed by atoms with E-state index in [-0.39, 0.29) is 5.97 Å². The van der Waals surface area contributed by atoms with Crippen LogP contribution in [0.5, 0.6) is 5.75 Å². The van der Waals surface area contributed by atoms with Crippen LogP contribution >= 0.6 is 0 Å². The Morgan fingerprint density at radius 2 is 2.10 bits per heavy atom. The summed E-state index contributed by atoms with van der Waals surface area (Å²) >= 11 is 0. The molecule has 0 fully saturated rings. The minimum Gasteiger partial charge on any atom is -0.497 e. The molecule has 1 heterocycles. The topological polar surface area (TPSA) is 63.3 Å². The van der Waals surface area contributed by atoms with Gasteiger partial charge in [0.2, 0.25) is 0 Å². The summed E-state index contributed by atoms with van der Waals surface area (Å²) < 4.78 is 10.1. The van der Waals surface area contributed by atoms with Gasteiger partial charge in [0.05, 0.1) is 14.2 Å². The van der Waals surface area contributed by atoms with Crippen LogP contribution in [-0.4, -0.2) is 31.7 Å². The first kappa shape index (κ1) is 20.2. The van der Waals surface area contributed by atoms with E-state index in [0.717, 1.165) is 48.2 Å². The van der Waals surface area contributed by atoms with Gasteiger partial charge >= 0.3 is 5.97 Å². The maximum absolute atomic E-state index is 11.5. The van der Waals surface area contributed by atoms with E-state index in [1.807, 2.05) is 13.0 Å². The number of H-pyrrole nitrogens is 1. The maximum Gasteiger partial charge on any atom is 0.330 e. The van der Waals surface area contributed by atoms with Gasteiger partial charge in [-0.05, 0) is 78.8 Å². The number of hydrogen-bond acceptors (Lipinski definition) is 4. The molecule has 1 atom stereocenters. The lowest BCUT2D eigenvalue weighted by atomic mass is 10.00. The van der Waals surface area contributed by atoms with Gasteiger partial charge in [0.15, 0.2) is 0 Å². The molecule has 0 saturated heterocycles.